The maximum Gasteiger partial charge on any atom is 0.338 e. The van der Waals surface area contributed by atoms with Crippen molar-refractivity contribution in [3.8, 4) is 5.75 Å². The molecular formula is C8H8N2O5. The van der Waals surface area contributed by atoms with Crippen LogP contribution in [-0.2, 0) is 0 Å². The van der Waals surface area contributed by atoms with Crippen LogP contribution in [0.15, 0.2) is 12.1 Å². The lowest BCUT2D eigenvalue weighted by molar-refractivity contribution is -0.385. The van der Waals surface area contributed by atoms with Crippen molar-refractivity contribution in [2.75, 3.05) is 12.8 Å². The fraction of sp³-hybridized carbons (Fsp3) is 0.125. The molecule has 0 aliphatic carbocycles. The predicted molar refractivity (Wildman–Crippen MR) is 51.0 cm³/mol. The third kappa shape index (κ3) is 1.96. The molecule has 1 rings (SSSR count). The molecule has 0 saturated heterocycles. The summed E-state index contributed by atoms with van der Waals surface area (Å²) in [5.74, 6) is -1.39. The Kier molecular flexibility index (Phi) is 2.75. The van der Waals surface area contributed by atoms with Crippen LogP contribution < -0.4 is 10.5 Å². The number of ether oxygens (including phenoxy) is 1. The first kappa shape index (κ1) is 10.8. The first-order chi connectivity index (χ1) is 6.97. The molecule has 0 amide bonds. The average molecular weight is 212 g/mol. The van der Waals surface area contributed by atoms with Crippen LogP contribution in [0.2, 0.25) is 0 Å². The Morgan fingerprint density at radius 3 is 2.60 bits per heavy atom. The van der Waals surface area contributed by atoms with Gasteiger partial charge in [0.25, 0.3) is 0 Å². The molecule has 0 atom stereocenters. The fourth-order valence-corrected chi connectivity index (χ4v) is 1.08. The van der Waals surface area contributed by atoms with Gasteiger partial charge in [-0.1, -0.05) is 0 Å². The van der Waals surface area contributed by atoms with Gasteiger partial charge in [0.15, 0.2) is 5.75 Å². The molecule has 80 valence electrons. The number of hydrogen-bond donors (Lipinski definition) is 2. The zero-order valence-corrected chi connectivity index (χ0v) is 7.76. The number of benzene rings is 1. The van der Waals surface area contributed by atoms with Crippen LogP contribution in [0.4, 0.5) is 11.4 Å². The van der Waals surface area contributed by atoms with Gasteiger partial charge in [0, 0.05) is 12.1 Å². The Morgan fingerprint density at radius 1 is 1.60 bits per heavy atom. The monoisotopic (exact) mass is 212 g/mol. The molecule has 0 heterocycles. The molecule has 7 heteroatoms. The van der Waals surface area contributed by atoms with Gasteiger partial charge in [-0.15, -0.1) is 0 Å². The number of carbonyl (C=O) groups is 1. The number of nitrogens with two attached hydrogens (primary N) is 1. The normalized spacial score (nSPS) is 9.67. The van der Waals surface area contributed by atoms with E-state index in [1.165, 1.54) is 7.11 Å². The van der Waals surface area contributed by atoms with Crippen LogP contribution in [0.1, 0.15) is 10.4 Å². The van der Waals surface area contributed by atoms with Crippen LogP contribution in [0.3, 0.4) is 0 Å². The van der Waals surface area contributed by atoms with Crippen molar-refractivity contribution in [1.82, 2.24) is 0 Å². The topological polar surface area (TPSA) is 116 Å². The summed E-state index contributed by atoms with van der Waals surface area (Å²) < 4.78 is 4.71. The molecule has 0 aromatic heterocycles. The van der Waals surface area contributed by atoms with Crippen molar-refractivity contribution in [1.29, 1.82) is 0 Å². The lowest BCUT2D eigenvalue weighted by Crippen LogP contribution is -2.05. The molecule has 15 heavy (non-hydrogen) atoms. The second-order valence-electron chi connectivity index (χ2n) is 2.67. The van der Waals surface area contributed by atoms with Crippen LogP contribution in [0, 0.1) is 10.1 Å². The Balaban J connectivity index is 3.43. The highest BCUT2D eigenvalue weighted by molar-refractivity contribution is 5.95. The maximum atomic E-state index is 10.7. The minimum absolute atomic E-state index is 0.0671. The molecule has 1 aromatic rings. The second-order valence-corrected chi connectivity index (χ2v) is 2.67. The van der Waals surface area contributed by atoms with E-state index in [0.29, 0.717) is 0 Å². The van der Waals surface area contributed by atoms with Crippen LogP contribution in [-0.4, -0.2) is 23.1 Å². The number of anilines is 1. The van der Waals surface area contributed by atoms with Gasteiger partial charge in [-0.25, -0.2) is 4.79 Å². The average Bonchev–Trinajstić information content (AvgIpc) is 2.16. The van der Waals surface area contributed by atoms with Crippen molar-refractivity contribution in [2.24, 2.45) is 0 Å². The SMILES string of the molecule is COc1cc(N)c(C(=O)O)cc1[N+](=O)[O-]. The van der Waals surface area contributed by atoms with E-state index >= 15 is 0 Å². The molecular weight excluding hydrogens is 204 g/mol. The number of nitrogens with zero attached hydrogens (tertiary/aromatic N) is 1. The highest BCUT2D eigenvalue weighted by Gasteiger charge is 2.20. The Bertz CT molecular complexity index is 429. The second kappa shape index (κ2) is 3.82. The lowest BCUT2D eigenvalue weighted by Gasteiger charge is -2.05. The van der Waals surface area contributed by atoms with Crippen LogP contribution in [0.5, 0.6) is 5.75 Å². The minimum Gasteiger partial charge on any atom is -0.490 e. The number of aromatic carboxylic acids is 1. The van der Waals surface area contributed by atoms with E-state index in [0.717, 1.165) is 12.1 Å². The molecule has 0 aliphatic rings. The number of methoxy groups -OCH3 is 1. The first-order valence-electron chi connectivity index (χ1n) is 3.82. The number of nitrogen functional groups attached to an aromatic ring is 1. The highest BCUT2D eigenvalue weighted by Crippen LogP contribution is 2.31. The van der Waals surface area contributed by atoms with E-state index in [2.05, 4.69) is 0 Å². The summed E-state index contributed by atoms with van der Waals surface area (Å²) in [4.78, 5) is 20.5. The molecule has 1 aromatic carbocycles. The number of rotatable bonds is 3. The van der Waals surface area contributed by atoms with Gasteiger partial charge in [0.05, 0.1) is 23.3 Å². The van der Waals surface area contributed by atoms with Gasteiger partial charge in [-0.2, -0.15) is 0 Å². The van der Waals surface area contributed by atoms with E-state index in [9.17, 15) is 14.9 Å². The highest BCUT2D eigenvalue weighted by atomic mass is 16.6. The molecule has 0 fully saturated rings. The molecule has 0 radical (unpaired) electrons. The van der Waals surface area contributed by atoms with Gasteiger partial charge < -0.3 is 15.6 Å². The predicted octanol–water partition coefficient (Wildman–Crippen LogP) is 0.884. The fourth-order valence-electron chi connectivity index (χ4n) is 1.08. The maximum absolute atomic E-state index is 10.7. The summed E-state index contributed by atoms with van der Waals surface area (Å²) in [6, 6.07) is 1.98. The van der Waals surface area contributed by atoms with E-state index in [-0.39, 0.29) is 17.0 Å². The first-order valence-corrected chi connectivity index (χ1v) is 3.82. The van der Waals surface area contributed by atoms with Gasteiger partial charge in [-0.3, -0.25) is 10.1 Å². The number of nitro benzene ring substituents is 1. The molecule has 3 N–H and O–H groups in total. The van der Waals surface area contributed by atoms with Crippen LogP contribution >= 0.6 is 0 Å². The van der Waals surface area contributed by atoms with E-state index in [1.54, 1.807) is 0 Å². The molecule has 0 bridgehead atoms. The van der Waals surface area contributed by atoms with Crippen molar-refractivity contribution < 1.29 is 19.6 Å². The summed E-state index contributed by atoms with van der Waals surface area (Å²) in [7, 11) is 1.24. The number of hydrogen-bond acceptors (Lipinski definition) is 5. The van der Waals surface area contributed by atoms with Crippen molar-refractivity contribution in [3.63, 3.8) is 0 Å². The van der Waals surface area contributed by atoms with Gasteiger partial charge in [0.1, 0.15) is 0 Å². The van der Waals surface area contributed by atoms with Gasteiger partial charge in [0.2, 0.25) is 0 Å². The number of nitro groups is 1. The summed E-state index contributed by atoms with van der Waals surface area (Å²) in [6.45, 7) is 0. The van der Waals surface area contributed by atoms with Gasteiger partial charge >= 0.3 is 11.7 Å². The third-order valence-corrected chi connectivity index (χ3v) is 1.78. The van der Waals surface area contributed by atoms with Crippen molar-refractivity contribution in [2.45, 2.75) is 0 Å². The standard InChI is InChI=1S/C8H8N2O5/c1-15-7-3-5(9)4(8(11)12)2-6(7)10(13)14/h2-3H,9H2,1H3,(H,11,12). The minimum atomic E-state index is -1.32. The lowest BCUT2D eigenvalue weighted by atomic mass is 10.1. The molecule has 0 unspecified atom stereocenters. The smallest absolute Gasteiger partial charge is 0.338 e. The molecule has 7 nitrogen and oxygen atoms in total. The Hall–Kier alpha value is -2.31. The number of carboxylic acid groups (broad SMARTS) is 1. The summed E-state index contributed by atoms with van der Waals surface area (Å²) in [5, 5.41) is 19.3. The molecule has 0 spiro atoms. The zero-order chi connectivity index (χ0) is 11.6. The molecule has 0 saturated carbocycles. The van der Waals surface area contributed by atoms with E-state index in [1.807, 2.05) is 0 Å². The Labute approximate surface area is 84.2 Å². The van der Waals surface area contributed by atoms with E-state index < -0.39 is 16.6 Å². The quantitative estimate of drug-likeness (QED) is 0.436. The summed E-state index contributed by atoms with van der Waals surface area (Å²) in [6.07, 6.45) is 0. The third-order valence-electron chi connectivity index (χ3n) is 1.78. The largest absolute Gasteiger partial charge is 0.490 e. The van der Waals surface area contributed by atoms with Gasteiger partial charge in [-0.05, 0) is 0 Å². The summed E-state index contributed by atoms with van der Waals surface area (Å²) in [5.41, 5.74) is 4.56. The van der Waals surface area contributed by atoms with E-state index in [4.69, 9.17) is 15.6 Å². The Morgan fingerprint density at radius 2 is 2.20 bits per heavy atom. The summed E-state index contributed by atoms with van der Waals surface area (Å²) >= 11 is 0. The number of carboxylic acids is 1. The van der Waals surface area contributed by atoms with Crippen molar-refractivity contribution in [3.05, 3.63) is 27.8 Å². The molecule has 0 aliphatic heterocycles. The van der Waals surface area contributed by atoms with Crippen molar-refractivity contribution >= 4 is 17.3 Å². The zero-order valence-electron chi connectivity index (χ0n) is 7.76. The van der Waals surface area contributed by atoms with Crippen LogP contribution in [0.25, 0.3) is 0 Å².